The van der Waals surface area contributed by atoms with Crippen molar-refractivity contribution in [2.75, 3.05) is 25.0 Å². The lowest BCUT2D eigenvalue weighted by Gasteiger charge is -2.34. The SMILES string of the molecule is CC(C)CC(=O)Nc1ccc(Cl)c(C(=O)N2CCNC[C@@H]2C)c1. The summed E-state index contributed by atoms with van der Waals surface area (Å²) in [4.78, 5) is 26.5. The third-order valence-electron chi connectivity index (χ3n) is 3.84. The summed E-state index contributed by atoms with van der Waals surface area (Å²) in [6.07, 6.45) is 0.445. The Morgan fingerprint density at radius 2 is 2.17 bits per heavy atom. The van der Waals surface area contributed by atoms with Crippen molar-refractivity contribution >= 4 is 29.1 Å². The van der Waals surface area contributed by atoms with Crippen LogP contribution >= 0.6 is 11.6 Å². The Morgan fingerprint density at radius 3 is 2.83 bits per heavy atom. The van der Waals surface area contributed by atoms with Crippen LogP contribution in [0.5, 0.6) is 0 Å². The number of nitrogens with zero attached hydrogens (tertiary/aromatic N) is 1. The highest BCUT2D eigenvalue weighted by Crippen LogP contribution is 2.23. The van der Waals surface area contributed by atoms with Gasteiger partial charge in [-0.2, -0.15) is 0 Å². The summed E-state index contributed by atoms with van der Waals surface area (Å²) in [6, 6.07) is 5.16. The maximum Gasteiger partial charge on any atom is 0.255 e. The van der Waals surface area contributed by atoms with E-state index in [9.17, 15) is 9.59 Å². The van der Waals surface area contributed by atoms with Gasteiger partial charge in [0.05, 0.1) is 10.6 Å². The van der Waals surface area contributed by atoms with E-state index in [1.807, 2.05) is 25.7 Å². The first-order valence-electron chi connectivity index (χ1n) is 7.99. The molecule has 2 N–H and O–H groups in total. The fraction of sp³-hybridized carbons (Fsp3) is 0.529. The zero-order chi connectivity index (χ0) is 17.0. The summed E-state index contributed by atoms with van der Waals surface area (Å²) in [5.41, 5.74) is 1.04. The molecule has 126 valence electrons. The largest absolute Gasteiger partial charge is 0.333 e. The van der Waals surface area contributed by atoms with Gasteiger partial charge in [0.25, 0.3) is 5.91 Å². The number of hydrogen-bond acceptors (Lipinski definition) is 3. The number of nitrogens with one attached hydrogen (secondary N) is 2. The Bertz CT molecular complexity index is 589. The number of rotatable bonds is 4. The van der Waals surface area contributed by atoms with Crippen LogP contribution in [0.4, 0.5) is 5.69 Å². The van der Waals surface area contributed by atoms with Crippen molar-refractivity contribution in [1.29, 1.82) is 0 Å². The first-order valence-corrected chi connectivity index (χ1v) is 8.37. The number of amides is 2. The van der Waals surface area contributed by atoms with E-state index in [0.29, 0.717) is 29.2 Å². The number of carbonyl (C=O) groups is 2. The van der Waals surface area contributed by atoms with Crippen molar-refractivity contribution in [3.8, 4) is 0 Å². The topological polar surface area (TPSA) is 61.4 Å². The molecule has 1 aromatic carbocycles. The van der Waals surface area contributed by atoms with E-state index in [0.717, 1.165) is 13.1 Å². The zero-order valence-corrected chi connectivity index (χ0v) is 14.6. The maximum atomic E-state index is 12.7. The van der Waals surface area contributed by atoms with Crippen molar-refractivity contribution < 1.29 is 9.59 Å². The van der Waals surface area contributed by atoms with E-state index in [-0.39, 0.29) is 23.8 Å². The predicted octanol–water partition coefficient (Wildman–Crippen LogP) is 2.76. The minimum absolute atomic E-state index is 0.0590. The van der Waals surface area contributed by atoms with Crippen LogP contribution in [0.1, 0.15) is 37.6 Å². The molecule has 1 fully saturated rings. The molecule has 2 rings (SSSR count). The molecule has 0 spiro atoms. The minimum atomic E-state index is -0.0936. The van der Waals surface area contributed by atoms with Crippen LogP contribution in [0.25, 0.3) is 0 Å². The first-order chi connectivity index (χ1) is 10.9. The van der Waals surface area contributed by atoms with Crippen LogP contribution in [-0.4, -0.2) is 42.4 Å². The van der Waals surface area contributed by atoms with Crippen LogP contribution in [0.15, 0.2) is 18.2 Å². The van der Waals surface area contributed by atoms with Crippen LogP contribution < -0.4 is 10.6 Å². The van der Waals surface area contributed by atoms with E-state index in [2.05, 4.69) is 10.6 Å². The van der Waals surface area contributed by atoms with Crippen molar-refractivity contribution in [2.45, 2.75) is 33.2 Å². The molecule has 2 amide bonds. The first kappa shape index (κ1) is 17.8. The van der Waals surface area contributed by atoms with Gasteiger partial charge in [-0.3, -0.25) is 9.59 Å². The summed E-state index contributed by atoms with van der Waals surface area (Å²) in [5.74, 6) is 0.130. The van der Waals surface area contributed by atoms with Gasteiger partial charge in [-0.15, -0.1) is 0 Å². The van der Waals surface area contributed by atoms with Crippen molar-refractivity contribution in [3.63, 3.8) is 0 Å². The lowest BCUT2D eigenvalue weighted by atomic mass is 10.1. The summed E-state index contributed by atoms with van der Waals surface area (Å²) in [5, 5.41) is 6.49. The number of anilines is 1. The molecule has 0 unspecified atom stereocenters. The zero-order valence-electron chi connectivity index (χ0n) is 13.9. The van der Waals surface area contributed by atoms with E-state index in [1.165, 1.54) is 0 Å². The Kier molecular flexibility index (Phi) is 6.02. The van der Waals surface area contributed by atoms with Gasteiger partial charge in [-0.25, -0.2) is 0 Å². The van der Waals surface area contributed by atoms with E-state index < -0.39 is 0 Å². The molecule has 5 nitrogen and oxygen atoms in total. The van der Waals surface area contributed by atoms with Crippen LogP contribution in [-0.2, 0) is 4.79 Å². The molecule has 1 heterocycles. The second kappa shape index (κ2) is 7.79. The summed E-state index contributed by atoms with van der Waals surface area (Å²) in [6.45, 7) is 8.18. The van der Waals surface area contributed by atoms with Gasteiger partial charge in [0.2, 0.25) is 5.91 Å². The summed E-state index contributed by atoms with van der Waals surface area (Å²) in [7, 11) is 0. The maximum absolute atomic E-state index is 12.7. The average molecular weight is 338 g/mol. The molecule has 1 saturated heterocycles. The number of halogens is 1. The van der Waals surface area contributed by atoms with E-state index in [1.54, 1.807) is 18.2 Å². The van der Waals surface area contributed by atoms with Crippen LogP contribution in [0.2, 0.25) is 5.02 Å². The predicted molar refractivity (Wildman–Crippen MR) is 92.9 cm³/mol. The lowest BCUT2D eigenvalue weighted by Crippen LogP contribution is -2.52. The second-order valence-electron chi connectivity index (χ2n) is 6.39. The van der Waals surface area contributed by atoms with Gasteiger partial charge in [-0.05, 0) is 31.0 Å². The molecule has 0 saturated carbocycles. The number of piperazine rings is 1. The van der Waals surface area contributed by atoms with Gasteiger partial charge < -0.3 is 15.5 Å². The van der Waals surface area contributed by atoms with Crippen molar-refractivity contribution in [2.24, 2.45) is 5.92 Å². The van der Waals surface area contributed by atoms with Gasteiger partial charge in [-0.1, -0.05) is 25.4 Å². The molecular formula is C17H24ClN3O2. The van der Waals surface area contributed by atoms with E-state index >= 15 is 0 Å². The minimum Gasteiger partial charge on any atom is -0.333 e. The van der Waals surface area contributed by atoms with Gasteiger partial charge in [0.15, 0.2) is 0 Å². The van der Waals surface area contributed by atoms with Gasteiger partial charge in [0, 0.05) is 37.8 Å². The Morgan fingerprint density at radius 1 is 1.43 bits per heavy atom. The molecule has 6 heteroatoms. The summed E-state index contributed by atoms with van der Waals surface area (Å²) >= 11 is 6.20. The fourth-order valence-electron chi connectivity index (χ4n) is 2.65. The Hall–Kier alpha value is -1.59. The second-order valence-corrected chi connectivity index (χ2v) is 6.80. The molecule has 1 aliphatic rings. The molecular weight excluding hydrogens is 314 g/mol. The monoisotopic (exact) mass is 337 g/mol. The lowest BCUT2D eigenvalue weighted by molar-refractivity contribution is -0.116. The smallest absolute Gasteiger partial charge is 0.255 e. The molecule has 0 aliphatic carbocycles. The molecule has 1 atom stereocenters. The Balaban J connectivity index is 2.16. The Labute approximate surface area is 142 Å². The van der Waals surface area contributed by atoms with Gasteiger partial charge >= 0.3 is 0 Å². The van der Waals surface area contributed by atoms with Crippen molar-refractivity contribution in [3.05, 3.63) is 28.8 Å². The molecule has 0 aromatic heterocycles. The quantitative estimate of drug-likeness (QED) is 0.888. The summed E-state index contributed by atoms with van der Waals surface area (Å²) < 4.78 is 0. The number of carbonyl (C=O) groups excluding carboxylic acids is 2. The molecule has 0 bridgehead atoms. The fourth-order valence-corrected chi connectivity index (χ4v) is 2.85. The highest BCUT2D eigenvalue weighted by Gasteiger charge is 2.25. The molecule has 23 heavy (non-hydrogen) atoms. The number of benzene rings is 1. The molecule has 0 radical (unpaired) electrons. The highest BCUT2D eigenvalue weighted by molar-refractivity contribution is 6.34. The normalized spacial score (nSPS) is 18.1. The van der Waals surface area contributed by atoms with Crippen molar-refractivity contribution in [1.82, 2.24) is 10.2 Å². The average Bonchev–Trinajstić information content (AvgIpc) is 2.48. The highest BCUT2D eigenvalue weighted by atomic mass is 35.5. The van der Waals surface area contributed by atoms with Crippen LogP contribution in [0.3, 0.4) is 0 Å². The van der Waals surface area contributed by atoms with Gasteiger partial charge in [0.1, 0.15) is 0 Å². The molecule has 1 aliphatic heterocycles. The van der Waals surface area contributed by atoms with Crippen LogP contribution in [0, 0.1) is 5.92 Å². The molecule has 1 aromatic rings. The standard InChI is InChI=1S/C17H24ClN3O2/c1-11(2)8-16(22)20-13-4-5-15(18)14(9-13)17(23)21-7-6-19-10-12(21)3/h4-5,9,11-12,19H,6-8,10H2,1-3H3,(H,20,22)/t12-/m0/s1. The third kappa shape index (κ3) is 4.69. The number of hydrogen-bond donors (Lipinski definition) is 2. The third-order valence-corrected chi connectivity index (χ3v) is 4.17. The van der Waals surface area contributed by atoms with E-state index in [4.69, 9.17) is 11.6 Å².